The molecule has 4 aromatic rings. The Balaban J connectivity index is 1.06. The minimum Gasteiger partial charge on any atom is -0.340 e. The molecule has 0 aliphatic carbocycles. The largest absolute Gasteiger partial charge is 0.340 e. The molecule has 2 aliphatic rings. The van der Waals surface area contributed by atoms with E-state index in [0.717, 1.165) is 81.2 Å². The number of hydrogen-bond acceptors (Lipinski definition) is 4. The lowest BCUT2D eigenvalue weighted by Gasteiger charge is -2.38. The molecule has 0 atom stereocenters. The minimum absolute atomic E-state index is 0.0999. The Bertz CT molecular complexity index is 1370. The molecule has 0 spiro atoms. The summed E-state index contributed by atoms with van der Waals surface area (Å²) in [6.07, 6.45) is 1.75. The second-order valence-corrected chi connectivity index (χ2v) is 10.5. The van der Waals surface area contributed by atoms with Gasteiger partial charge in [-0.2, -0.15) is 0 Å². The van der Waals surface area contributed by atoms with Crippen LogP contribution in [-0.4, -0.2) is 69.4 Å². The standard InChI is InChI=1S/C31H34FN5O/c32-26-10-12-27(13-11-26)37-29-9-5-4-8-28(29)33-30(37)23-34-16-14-25(15-17-34)31(38)36-20-18-35(19-21-36)22-24-6-2-1-3-7-24/h1-13,25H,14-23H2. The summed E-state index contributed by atoms with van der Waals surface area (Å²) in [6.45, 7) is 6.88. The maximum absolute atomic E-state index is 13.6. The van der Waals surface area contributed by atoms with E-state index in [2.05, 4.69) is 49.6 Å². The summed E-state index contributed by atoms with van der Waals surface area (Å²) >= 11 is 0. The number of imidazole rings is 1. The number of nitrogens with zero attached hydrogens (tertiary/aromatic N) is 5. The number of hydrogen-bond donors (Lipinski definition) is 0. The zero-order chi connectivity index (χ0) is 25.9. The van der Waals surface area contributed by atoms with Gasteiger partial charge >= 0.3 is 0 Å². The van der Waals surface area contributed by atoms with Crippen LogP contribution >= 0.6 is 0 Å². The Morgan fingerprint density at radius 3 is 2.16 bits per heavy atom. The number of aromatic nitrogens is 2. The highest BCUT2D eigenvalue weighted by Gasteiger charge is 2.31. The highest BCUT2D eigenvalue weighted by atomic mass is 19.1. The molecule has 1 aromatic heterocycles. The summed E-state index contributed by atoms with van der Waals surface area (Å²) in [5.41, 5.74) is 4.19. The Morgan fingerprint density at radius 1 is 0.763 bits per heavy atom. The molecule has 0 radical (unpaired) electrons. The third kappa shape index (κ3) is 5.35. The van der Waals surface area contributed by atoms with E-state index in [1.54, 1.807) is 12.1 Å². The van der Waals surface area contributed by atoms with Crippen LogP contribution in [0.25, 0.3) is 16.7 Å². The van der Waals surface area contributed by atoms with Crippen LogP contribution in [-0.2, 0) is 17.9 Å². The normalized spacial score (nSPS) is 17.8. The number of rotatable bonds is 6. The molecule has 38 heavy (non-hydrogen) atoms. The van der Waals surface area contributed by atoms with Gasteiger partial charge in [0.1, 0.15) is 11.6 Å². The number of benzene rings is 3. The number of halogens is 1. The van der Waals surface area contributed by atoms with Crippen LogP contribution in [0.5, 0.6) is 0 Å². The molecule has 3 aromatic carbocycles. The smallest absolute Gasteiger partial charge is 0.225 e. The monoisotopic (exact) mass is 511 g/mol. The lowest BCUT2D eigenvalue weighted by atomic mass is 9.95. The molecule has 7 heteroatoms. The van der Waals surface area contributed by atoms with Crippen molar-refractivity contribution in [1.82, 2.24) is 24.3 Å². The van der Waals surface area contributed by atoms with Crippen LogP contribution in [0.4, 0.5) is 4.39 Å². The molecule has 1 amide bonds. The van der Waals surface area contributed by atoms with E-state index in [1.807, 2.05) is 24.3 Å². The molecule has 2 fully saturated rings. The van der Waals surface area contributed by atoms with Crippen molar-refractivity contribution in [3.63, 3.8) is 0 Å². The highest BCUT2D eigenvalue weighted by molar-refractivity contribution is 5.79. The van der Waals surface area contributed by atoms with Crippen molar-refractivity contribution in [2.45, 2.75) is 25.9 Å². The lowest BCUT2D eigenvalue weighted by molar-refractivity contribution is -0.139. The first-order valence-corrected chi connectivity index (χ1v) is 13.6. The summed E-state index contributed by atoms with van der Waals surface area (Å²) in [6, 6.07) is 25.2. The van der Waals surface area contributed by atoms with E-state index in [9.17, 15) is 9.18 Å². The van der Waals surface area contributed by atoms with Gasteiger partial charge in [0, 0.05) is 44.3 Å². The van der Waals surface area contributed by atoms with Gasteiger partial charge < -0.3 is 4.90 Å². The third-order valence-electron chi connectivity index (χ3n) is 7.95. The maximum Gasteiger partial charge on any atom is 0.225 e. The van der Waals surface area contributed by atoms with E-state index in [1.165, 1.54) is 17.7 Å². The Kier molecular flexibility index (Phi) is 7.20. The fourth-order valence-electron chi connectivity index (χ4n) is 5.82. The molecule has 0 saturated carbocycles. The van der Waals surface area contributed by atoms with Gasteiger partial charge in [-0.3, -0.25) is 19.2 Å². The molecule has 0 unspecified atom stereocenters. The molecule has 0 bridgehead atoms. The molecular weight excluding hydrogens is 477 g/mol. The van der Waals surface area contributed by atoms with Crippen LogP contribution < -0.4 is 0 Å². The van der Waals surface area contributed by atoms with Gasteiger partial charge in [-0.15, -0.1) is 0 Å². The van der Waals surface area contributed by atoms with E-state index in [4.69, 9.17) is 4.98 Å². The number of likely N-dealkylation sites (tertiary alicyclic amines) is 1. The number of para-hydroxylation sites is 2. The predicted octanol–water partition coefficient (Wildman–Crippen LogP) is 4.72. The summed E-state index contributed by atoms with van der Waals surface area (Å²) in [5, 5.41) is 0. The number of fused-ring (bicyclic) bond motifs is 1. The average molecular weight is 512 g/mol. The topological polar surface area (TPSA) is 44.6 Å². The molecule has 2 saturated heterocycles. The van der Waals surface area contributed by atoms with Crippen LogP contribution in [0.2, 0.25) is 0 Å². The molecule has 0 N–H and O–H groups in total. The van der Waals surface area contributed by atoms with Gasteiger partial charge in [0.2, 0.25) is 5.91 Å². The van der Waals surface area contributed by atoms with Crippen molar-refractivity contribution in [1.29, 1.82) is 0 Å². The second-order valence-electron chi connectivity index (χ2n) is 10.5. The summed E-state index contributed by atoms with van der Waals surface area (Å²) in [4.78, 5) is 25.1. The number of piperazine rings is 1. The molecule has 6 nitrogen and oxygen atoms in total. The molecular formula is C31H34FN5O. The quantitative estimate of drug-likeness (QED) is 0.376. The van der Waals surface area contributed by atoms with Crippen LogP contribution in [0.3, 0.4) is 0 Å². The number of piperidine rings is 1. The highest BCUT2D eigenvalue weighted by Crippen LogP contribution is 2.26. The first-order chi connectivity index (χ1) is 18.6. The van der Waals surface area contributed by atoms with E-state index < -0.39 is 0 Å². The van der Waals surface area contributed by atoms with Crippen LogP contribution in [0, 0.1) is 11.7 Å². The van der Waals surface area contributed by atoms with Crippen molar-refractivity contribution in [3.05, 3.63) is 96.1 Å². The van der Waals surface area contributed by atoms with Gasteiger partial charge in [0.25, 0.3) is 0 Å². The fourth-order valence-corrected chi connectivity index (χ4v) is 5.82. The summed E-state index contributed by atoms with van der Waals surface area (Å²) < 4.78 is 15.7. The van der Waals surface area contributed by atoms with E-state index in [-0.39, 0.29) is 11.7 Å². The zero-order valence-electron chi connectivity index (χ0n) is 21.7. The Hall–Kier alpha value is -3.55. The predicted molar refractivity (Wildman–Crippen MR) is 147 cm³/mol. The van der Waals surface area contributed by atoms with Crippen molar-refractivity contribution in [2.24, 2.45) is 5.92 Å². The molecule has 3 heterocycles. The first-order valence-electron chi connectivity index (χ1n) is 13.6. The van der Waals surface area contributed by atoms with Crippen molar-refractivity contribution >= 4 is 16.9 Å². The van der Waals surface area contributed by atoms with Gasteiger partial charge in [-0.25, -0.2) is 9.37 Å². The number of amides is 1. The maximum atomic E-state index is 13.6. The van der Waals surface area contributed by atoms with Crippen LogP contribution in [0.1, 0.15) is 24.2 Å². The first kappa shape index (κ1) is 24.8. The zero-order valence-corrected chi connectivity index (χ0v) is 21.7. The second kappa shape index (κ2) is 11.1. The molecule has 2 aliphatic heterocycles. The van der Waals surface area contributed by atoms with Gasteiger partial charge in [0.05, 0.1) is 17.6 Å². The molecule has 196 valence electrons. The SMILES string of the molecule is O=C(C1CCN(Cc2nc3ccccc3n2-c2ccc(F)cc2)CC1)N1CCN(Cc2ccccc2)CC1. The van der Waals surface area contributed by atoms with Crippen LogP contribution in [0.15, 0.2) is 78.9 Å². The minimum atomic E-state index is -0.246. The molecule has 6 rings (SSSR count). The van der Waals surface area contributed by atoms with Crippen molar-refractivity contribution in [2.75, 3.05) is 39.3 Å². The number of carbonyl (C=O) groups excluding carboxylic acids is 1. The van der Waals surface area contributed by atoms with Gasteiger partial charge in [-0.1, -0.05) is 42.5 Å². The fraction of sp³-hybridized carbons (Fsp3) is 0.355. The third-order valence-corrected chi connectivity index (χ3v) is 7.95. The Morgan fingerprint density at radius 2 is 1.42 bits per heavy atom. The van der Waals surface area contributed by atoms with Gasteiger partial charge in [0.15, 0.2) is 0 Å². The lowest BCUT2D eigenvalue weighted by Crippen LogP contribution is -2.51. The van der Waals surface area contributed by atoms with Gasteiger partial charge in [-0.05, 0) is 67.9 Å². The number of carbonyl (C=O) groups is 1. The van der Waals surface area contributed by atoms with Crippen molar-refractivity contribution < 1.29 is 9.18 Å². The summed E-state index contributed by atoms with van der Waals surface area (Å²) in [7, 11) is 0. The average Bonchev–Trinajstić information content (AvgIpc) is 3.32. The van der Waals surface area contributed by atoms with E-state index in [0.29, 0.717) is 12.5 Å². The summed E-state index contributed by atoms with van der Waals surface area (Å²) in [5.74, 6) is 1.12. The van der Waals surface area contributed by atoms with Crippen molar-refractivity contribution in [3.8, 4) is 5.69 Å². The van der Waals surface area contributed by atoms with E-state index >= 15 is 0 Å². The Labute approximate surface area is 223 Å².